The summed E-state index contributed by atoms with van der Waals surface area (Å²) in [7, 11) is 0. The molecule has 1 aliphatic heterocycles. The molecule has 1 atom stereocenters. The van der Waals surface area contributed by atoms with Gasteiger partial charge < -0.3 is 16.1 Å². The molecule has 10 heteroatoms. The maximum absolute atomic E-state index is 15.8. The number of hydrogen-bond acceptors (Lipinski definition) is 8. The molecule has 0 saturated heterocycles. The molecule has 0 bridgehead atoms. The summed E-state index contributed by atoms with van der Waals surface area (Å²) in [4.78, 5) is 4.42. The van der Waals surface area contributed by atoms with E-state index in [1.165, 1.54) is 11.2 Å². The van der Waals surface area contributed by atoms with Crippen LogP contribution >= 0.6 is 11.6 Å². The summed E-state index contributed by atoms with van der Waals surface area (Å²) in [5.74, 6) is -0.422. The Kier molecular flexibility index (Phi) is 6.76. The third-order valence-corrected chi connectivity index (χ3v) is 7.40. The minimum absolute atomic E-state index is 0.0550. The Morgan fingerprint density at radius 2 is 1.90 bits per heavy atom. The lowest BCUT2D eigenvalue weighted by Crippen LogP contribution is -2.44. The van der Waals surface area contributed by atoms with Crippen LogP contribution in [0, 0.1) is 28.1 Å². The van der Waals surface area contributed by atoms with Gasteiger partial charge in [0, 0.05) is 28.8 Å². The van der Waals surface area contributed by atoms with Gasteiger partial charge in [0.15, 0.2) is 0 Å². The van der Waals surface area contributed by atoms with E-state index in [2.05, 4.69) is 59.5 Å². The quantitative estimate of drug-likeness (QED) is 0.258. The first kappa shape index (κ1) is 26.6. The third-order valence-electron chi connectivity index (χ3n) is 7.06. The van der Waals surface area contributed by atoms with Gasteiger partial charge in [0.1, 0.15) is 17.8 Å². The summed E-state index contributed by atoms with van der Waals surface area (Å²) in [5.41, 5.74) is 8.90. The Morgan fingerprint density at radius 3 is 2.54 bits per heavy atom. The predicted molar refractivity (Wildman–Crippen MR) is 151 cm³/mol. The highest BCUT2D eigenvalue weighted by molar-refractivity contribution is 6.31. The summed E-state index contributed by atoms with van der Waals surface area (Å²) in [5, 5.41) is 29.2. The number of nitrogens with zero attached hydrogens (tertiary/aromatic N) is 4. The molecule has 1 aliphatic carbocycles. The van der Waals surface area contributed by atoms with Crippen LogP contribution in [0.4, 0.5) is 15.8 Å². The fourth-order valence-corrected chi connectivity index (χ4v) is 4.83. The second-order valence-corrected chi connectivity index (χ2v) is 11.9. The van der Waals surface area contributed by atoms with E-state index < -0.39 is 12.0 Å². The second-order valence-electron chi connectivity index (χ2n) is 11.5. The van der Waals surface area contributed by atoms with Crippen LogP contribution in [-0.2, 0) is 0 Å². The maximum atomic E-state index is 15.8. The van der Waals surface area contributed by atoms with E-state index in [0.29, 0.717) is 50.5 Å². The van der Waals surface area contributed by atoms with Gasteiger partial charge in [-0.15, -0.1) is 5.53 Å². The molecule has 0 radical (unpaired) electrons. The van der Waals surface area contributed by atoms with Crippen molar-refractivity contribution in [2.75, 3.05) is 17.2 Å². The number of benzene rings is 2. The Morgan fingerprint density at radius 1 is 1.18 bits per heavy atom. The van der Waals surface area contributed by atoms with Crippen LogP contribution in [0.2, 0.25) is 5.02 Å². The predicted octanol–water partition coefficient (Wildman–Crippen LogP) is 6.26. The second kappa shape index (κ2) is 9.92. The zero-order valence-electron chi connectivity index (χ0n) is 22.3. The van der Waals surface area contributed by atoms with Gasteiger partial charge in [0.25, 0.3) is 0 Å². The molecule has 5 rings (SSSR count). The average molecular weight is 545 g/mol. The van der Waals surface area contributed by atoms with Crippen molar-refractivity contribution in [3.63, 3.8) is 0 Å². The number of halogens is 2. The summed E-state index contributed by atoms with van der Waals surface area (Å²) < 4.78 is 15.8. The summed E-state index contributed by atoms with van der Waals surface area (Å²) >= 11 is 6.60. The van der Waals surface area contributed by atoms with Crippen LogP contribution in [0.3, 0.4) is 0 Å². The number of fused-ring (bicyclic) bond motifs is 1. The van der Waals surface area contributed by atoms with Gasteiger partial charge in [-0.25, -0.2) is 0 Å². The number of anilines is 2. The van der Waals surface area contributed by atoms with Crippen molar-refractivity contribution >= 4 is 33.9 Å². The van der Waals surface area contributed by atoms with Crippen molar-refractivity contribution in [1.82, 2.24) is 21.0 Å². The molecule has 3 aromatic rings. The van der Waals surface area contributed by atoms with Crippen molar-refractivity contribution in [3.8, 4) is 12.1 Å². The van der Waals surface area contributed by atoms with Crippen molar-refractivity contribution < 1.29 is 4.39 Å². The largest absolute Gasteiger partial charge is 0.383 e. The fourth-order valence-electron chi connectivity index (χ4n) is 4.59. The zero-order chi connectivity index (χ0) is 27.9. The minimum atomic E-state index is -0.708. The van der Waals surface area contributed by atoms with Gasteiger partial charge in [-0.05, 0) is 48.9 Å². The van der Waals surface area contributed by atoms with Crippen LogP contribution < -0.4 is 21.6 Å². The van der Waals surface area contributed by atoms with Gasteiger partial charge in [-0.2, -0.15) is 14.9 Å². The first-order valence-corrected chi connectivity index (χ1v) is 13.2. The van der Waals surface area contributed by atoms with Crippen LogP contribution in [0.5, 0.6) is 0 Å². The van der Waals surface area contributed by atoms with E-state index >= 15 is 4.39 Å². The summed E-state index contributed by atoms with van der Waals surface area (Å²) in [6.45, 7) is 8.87. The maximum Gasteiger partial charge on any atom is 0.228 e. The molecule has 8 nitrogen and oxygen atoms in total. The molecule has 1 fully saturated rings. The van der Waals surface area contributed by atoms with Gasteiger partial charge in [0.05, 0.1) is 33.9 Å². The van der Waals surface area contributed by atoms with Crippen LogP contribution in [0.1, 0.15) is 63.3 Å². The molecule has 0 amide bonds. The molecule has 2 heterocycles. The Balaban J connectivity index is 1.63. The number of pyridine rings is 1. The van der Waals surface area contributed by atoms with Crippen LogP contribution in [0.15, 0.2) is 54.2 Å². The molecule has 200 valence electrons. The number of nitrogens with one attached hydrogen (secondary N) is 4. The molecule has 4 N–H and O–H groups in total. The van der Waals surface area contributed by atoms with E-state index in [0.717, 1.165) is 12.8 Å². The highest BCUT2D eigenvalue weighted by atomic mass is 35.5. The average Bonchev–Trinajstić information content (AvgIpc) is 3.53. The molecule has 0 unspecified atom stereocenters. The highest BCUT2D eigenvalue weighted by Crippen LogP contribution is 2.45. The molecule has 0 spiro atoms. The first-order valence-electron chi connectivity index (χ1n) is 12.8. The number of aromatic nitrogens is 1. The van der Waals surface area contributed by atoms with E-state index in [1.807, 2.05) is 31.2 Å². The molecular formula is C29H30ClFN8. The van der Waals surface area contributed by atoms with Crippen molar-refractivity contribution in [2.24, 2.45) is 5.41 Å². The topological polar surface area (TPSA) is 112 Å². The summed E-state index contributed by atoms with van der Waals surface area (Å²) in [6.07, 6.45) is 3.23. The molecule has 2 aliphatic rings. The number of hydrogen-bond donors (Lipinski definition) is 4. The molecule has 1 saturated carbocycles. The van der Waals surface area contributed by atoms with E-state index in [9.17, 15) is 10.5 Å². The van der Waals surface area contributed by atoms with E-state index in [1.54, 1.807) is 12.1 Å². The SMILES string of the molecule is CC(C)(C)CNc1c(C#N)cnc2c(C#N)cc(N[C@H](C3=C(F)N(C4(C)CC4)NN3)c3ccccc3Cl)cc12. The minimum Gasteiger partial charge on any atom is -0.383 e. The van der Waals surface area contributed by atoms with E-state index in [-0.39, 0.29) is 16.7 Å². The van der Waals surface area contributed by atoms with Crippen LogP contribution in [-0.4, -0.2) is 22.1 Å². The molecule has 2 aromatic carbocycles. The van der Waals surface area contributed by atoms with Crippen molar-refractivity contribution in [3.05, 3.63) is 76.0 Å². The van der Waals surface area contributed by atoms with Gasteiger partial charge in [-0.3, -0.25) is 9.99 Å². The van der Waals surface area contributed by atoms with Gasteiger partial charge in [-0.1, -0.05) is 50.6 Å². The number of hydrazine groups is 2. The first-order chi connectivity index (χ1) is 18.5. The van der Waals surface area contributed by atoms with Gasteiger partial charge in [0.2, 0.25) is 5.95 Å². The van der Waals surface area contributed by atoms with E-state index in [4.69, 9.17) is 11.6 Å². The fraction of sp³-hybridized carbons (Fsp3) is 0.345. The van der Waals surface area contributed by atoms with Gasteiger partial charge >= 0.3 is 0 Å². The summed E-state index contributed by atoms with van der Waals surface area (Å²) in [6, 6.07) is 14.5. The highest BCUT2D eigenvalue weighted by Gasteiger charge is 2.48. The Hall–Kier alpha value is -4.05. The standard InChI is InChI=1S/C29H30ClFN8/c1-28(2,3)16-35-24-18(14-33)15-34-23-17(13-32)11-19(12-21(23)24)36-25(20-7-5-6-8-22(20)30)26-27(31)39(38-37-26)29(4)9-10-29/h5-8,11-12,15,25,36-38H,9-10,16H2,1-4H3,(H,34,35)/t25-/m0/s1. The number of nitriles is 2. The van der Waals surface area contributed by atoms with Crippen LogP contribution in [0.25, 0.3) is 10.9 Å². The molecule has 39 heavy (non-hydrogen) atoms. The zero-order valence-corrected chi connectivity index (χ0v) is 23.0. The lowest BCUT2D eigenvalue weighted by molar-refractivity contribution is 0.136. The Labute approximate surface area is 232 Å². The smallest absolute Gasteiger partial charge is 0.228 e. The van der Waals surface area contributed by atoms with Crippen molar-refractivity contribution in [1.29, 1.82) is 10.5 Å². The lowest BCUT2D eigenvalue weighted by Gasteiger charge is -2.24. The monoisotopic (exact) mass is 544 g/mol. The normalized spacial score (nSPS) is 16.9. The molecule has 1 aromatic heterocycles. The number of rotatable bonds is 7. The Bertz CT molecular complexity index is 1560. The third kappa shape index (κ3) is 5.16. The molecular weight excluding hydrogens is 515 g/mol. The van der Waals surface area contributed by atoms with Crippen molar-refractivity contribution in [2.45, 2.75) is 52.1 Å². The lowest BCUT2D eigenvalue weighted by atomic mass is 9.96.